The van der Waals surface area contributed by atoms with E-state index in [1.807, 2.05) is 30.3 Å². The van der Waals surface area contributed by atoms with E-state index in [9.17, 15) is 0 Å². The van der Waals surface area contributed by atoms with Gasteiger partial charge in [-0.1, -0.05) is 170 Å². The average Bonchev–Trinajstić information content (AvgIpc) is 3.88. The van der Waals surface area contributed by atoms with Gasteiger partial charge in [0.1, 0.15) is 11.2 Å². The molecule has 13 aromatic rings. The van der Waals surface area contributed by atoms with E-state index in [4.69, 9.17) is 19.4 Å². The fourth-order valence-corrected chi connectivity index (χ4v) is 9.49. The second-order valence-electron chi connectivity index (χ2n) is 15.5. The van der Waals surface area contributed by atoms with Gasteiger partial charge in [-0.05, 0) is 73.3 Å². The maximum Gasteiger partial charge on any atom is 0.238 e. The summed E-state index contributed by atoms with van der Waals surface area (Å²) < 4.78 is 8.67. The monoisotopic (exact) mass is 764 g/mol. The molecule has 0 N–H and O–H groups in total. The lowest BCUT2D eigenvalue weighted by atomic mass is 9.89. The van der Waals surface area contributed by atoms with E-state index >= 15 is 0 Å². The third kappa shape index (κ3) is 4.84. The van der Waals surface area contributed by atoms with E-state index in [0.29, 0.717) is 17.6 Å². The molecule has 0 aliphatic heterocycles. The third-order valence-corrected chi connectivity index (χ3v) is 12.2. The normalized spacial score (nSPS) is 12.0. The molecule has 0 atom stereocenters. The Morgan fingerprint density at radius 2 is 0.983 bits per heavy atom. The number of hydrogen-bond acceptors (Lipinski definition) is 4. The quantitative estimate of drug-likeness (QED) is 0.164. The number of hydrogen-bond donors (Lipinski definition) is 0. The molecule has 0 saturated carbocycles. The Hall–Kier alpha value is -8.15. The van der Waals surface area contributed by atoms with Crippen LogP contribution in [0.3, 0.4) is 0 Å². The summed E-state index contributed by atoms with van der Waals surface area (Å²) in [5, 5.41) is 12.0. The van der Waals surface area contributed by atoms with Crippen molar-refractivity contribution in [2.75, 3.05) is 0 Å². The highest BCUT2D eigenvalue weighted by Gasteiger charge is 2.24. The summed E-state index contributed by atoms with van der Waals surface area (Å²) in [6.07, 6.45) is 0. The van der Waals surface area contributed by atoms with Gasteiger partial charge in [0, 0.05) is 38.2 Å². The van der Waals surface area contributed by atoms with Gasteiger partial charge in [-0.2, -0.15) is 9.97 Å². The van der Waals surface area contributed by atoms with E-state index in [2.05, 4.69) is 168 Å². The molecule has 5 heteroatoms. The zero-order valence-corrected chi connectivity index (χ0v) is 32.2. The minimum absolute atomic E-state index is 0.569. The minimum Gasteiger partial charge on any atom is -0.455 e. The Bertz CT molecular complexity index is 3810. The van der Waals surface area contributed by atoms with Gasteiger partial charge in [0.15, 0.2) is 11.6 Å². The van der Waals surface area contributed by atoms with Crippen molar-refractivity contribution in [3.63, 3.8) is 0 Å². The molecule has 0 bridgehead atoms. The number of nitrogens with zero attached hydrogens (tertiary/aromatic N) is 4. The van der Waals surface area contributed by atoms with Crippen LogP contribution in [0.2, 0.25) is 0 Å². The number of aromatic nitrogens is 4. The summed E-state index contributed by atoms with van der Waals surface area (Å²) in [6.45, 7) is 0. The van der Waals surface area contributed by atoms with Crippen LogP contribution in [0, 0.1) is 0 Å². The van der Waals surface area contributed by atoms with Crippen LogP contribution in [0.4, 0.5) is 0 Å². The Labute approximate surface area is 343 Å². The van der Waals surface area contributed by atoms with E-state index < -0.39 is 0 Å². The smallest absolute Gasteiger partial charge is 0.238 e. The summed E-state index contributed by atoms with van der Waals surface area (Å²) in [5.74, 6) is 1.78. The molecule has 0 radical (unpaired) electrons. The lowest BCUT2D eigenvalue weighted by Crippen LogP contribution is -2.06. The maximum atomic E-state index is 6.41. The third-order valence-electron chi connectivity index (χ3n) is 12.2. The first-order valence-corrected chi connectivity index (χ1v) is 20.3. The number of rotatable bonds is 5. The van der Waals surface area contributed by atoms with Crippen molar-refractivity contribution in [3.05, 3.63) is 194 Å². The molecule has 5 nitrogen and oxygen atoms in total. The van der Waals surface area contributed by atoms with Gasteiger partial charge >= 0.3 is 0 Å². The molecule has 60 heavy (non-hydrogen) atoms. The van der Waals surface area contributed by atoms with Crippen molar-refractivity contribution in [1.82, 2.24) is 19.5 Å². The first kappa shape index (κ1) is 32.9. The summed E-state index contributed by atoms with van der Waals surface area (Å²) in [5.41, 5.74) is 10.1. The zero-order valence-electron chi connectivity index (χ0n) is 32.2. The minimum atomic E-state index is 0.569. The molecular weight excluding hydrogens is 733 g/mol. The van der Waals surface area contributed by atoms with Gasteiger partial charge in [0.05, 0.1) is 11.0 Å². The van der Waals surface area contributed by atoms with Crippen molar-refractivity contribution in [1.29, 1.82) is 0 Å². The maximum absolute atomic E-state index is 6.41. The van der Waals surface area contributed by atoms with Crippen LogP contribution in [0.5, 0.6) is 0 Å². The topological polar surface area (TPSA) is 56.7 Å². The predicted octanol–water partition coefficient (Wildman–Crippen LogP) is 14.4. The summed E-state index contributed by atoms with van der Waals surface area (Å²) >= 11 is 0. The lowest BCUT2D eigenvalue weighted by Gasteiger charge is -2.13. The zero-order chi connectivity index (χ0) is 39.3. The second-order valence-corrected chi connectivity index (χ2v) is 15.5. The molecule has 0 aliphatic carbocycles. The predicted molar refractivity (Wildman–Crippen MR) is 247 cm³/mol. The number of fused-ring (bicyclic) bond motifs is 8. The van der Waals surface area contributed by atoms with E-state index in [-0.39, 0.29) is 0 Å². The van der Waals surface area contributed by atoms with Crippen molar-refractivity contribution >= 4 is 76.1 Å². The van der Waals surface area contributed by atoms with Gasteiger partial charge in [-0.3, -0.25) is 4.57 Å². The van der Waals surface area contributed by atoms with Crippen molar-refractivity contribution in [3.8, 4) is 51.0 Å². The Balaban J connectivity index is 1.07. The highest BCUT2D eigenvalue weighted by atomic mass is 16.3. The van der Waals surface area contributed by atoms with E-state index in [1.165, 1.54) is 43.1 Å². The van der Waals surface area contributed by atoms with E-state index in [0.717, 1.165) is 66.4 Å². The SMILES string of the molecule is c1ccc(-c2cc3c4ccc5ccccc5c4c4cccc5c4c3c(c2)n5-c2nc(-c3ccccc3)nc(-c3ccc(-c4cccc5c4oc4ccccc45)cc3)n2)cc1. The van der Waals surface area contributed by atoms with Crippen molar-refractivity contribution < 1.29 is 4.42 Å². The number of furan rings is 1. The van der Waals surface area contributed by atoms with Crippen LogP contribution in [0.25, 0.3) is 127 Å². The molecule has 278 valence electrons. The molecule has 13 rings (SSSR count). The Morgan fingerprint density at radius 1 is 0.350 bits per heavy atom. The number of para-hydroxylation sites is 2. The molecule has 10 aromatic carbocycles. The van der Waals surface area contributed by atoms with Gasteiger partial charge in [-0.15, -0.1) is 0 Å². The van der Waals surface area contributed by atoms with Crippen molar-refractivity contribution in [2.45, 2.75) is 0 Å². The average molecular weight is 765 g/mol. The van der Waals surface area contributed by atoms with Gasteiger partial charge in [0.2, 0.25) is 5.95 Å². The second kappa shape index (κ2) is 12.7. The first-order chi connectivity index (χ1) is 29.7. The lowest BCUT2D eigenvalue weighted by molar-refractivity contribution is 0.670. The van der Waals surface area contributed by atoms with Crippen LogP contribution >= 0.6 is 0 Å². The molecule has 3 aromatic heterocycles. The molecule has 0 fully saturated rings. The Kier molecular flexibility index (Phi) is 6.95. The van der Waals surface area contributed by atoms with Crippen LogP contribution in [-0.4, -0.2) is 19.5 Å². The fraction of sp³-hybridized carbons (Fsp3) is 0. The largest absolute Gasteiger partial charge is 0.455 e. The molecule has 0 saturated heterocycles. The van der Waals surface area contributed by atoms with Crippen LogP contribution in [0.1, 0.15) is 0 Å². The Morgan fingerprint density at radius 3 is 1.80 bits per heavy atom. The summed E-state index contributed by atoms with van der Waals surface area (Å²) in [6, 6.07) is 68.5. The van der Waals surface area contributed by atoms with Crippen LogP contribution in [0.15, 0.2) is 199 Å². The standard InChI is InChI=1S/C55H32N4O/c1-3-13-33(14-4-1)38-31-45-42-30-29-34-15-7-8-18-39(34)49(42)44-22-12-23-46-50(44)51(45)47(32-38)59(46)55-57-53(36-16-5-2-6-17-36)56-54(58-55)37-27-25-35(26-28-37)40-20-11-21-43-41-19-9-10-24-48(41)60-52(40)43/h1-32H. The highest BCUT2D eigenvalue weighted by molar-refractivity contribution is 6.38. The van der Waals surface area contributed by atoms with E-state index in [1.54, 1.807) is 0 Å². The first-order valence-electron chi connectivity index (χ1n) is 20.3. The van der Waals surface area contributed by atoms with Gasteiger partial charge in [-0.25, -0.2) is 4.98 Å². The van der Waals surface area contributed by atoms with Gasteiger partial charge < -0.3 is 4.42 Å². The molecule has 0 amide bonds. The van der Waals surface area contributed by atoms with Crippen molar-refractivity contribution in [2.24, 2.45) is 0 Å². The summed E-state index contributed by atoms with van der Waals surface area (Å²) in [4.78, 5) is 15.8. The number of benzene rings is 10. The molecule has 0 spiro atoms. The molecule has 0 aliphatic rings. The van der Waals surface area contributed by atoms with Gasteiger partial charge in [0.25, 0.3) is 0 Å². The van der Waals surface area contributed by atoms with Crippen LogP contribution in [-0.2, 0) is 0 Å². The molecule has 3 heterocycles. The molecule has 0 unspecified atom stereocenters. The molecular formula is C55H32N4O. The highest BCUT2D eigenvalue weighted by Crippen LogP contribution is 2.47. The fourth-order valence-electron chi connectivity index (χ4n) is 9.49. The summed E-state index contributed by atoms with van der Waals surface area (Å²) in [7, 11) is 0. The van der Waals surface area contributed by atoms with Crippen LogP contribution < -0.4 is 0 Å².